The van der Waals surface area contributed by atoms with Crippen LogP contribution in [0.3, 0.4) is 0 Å². The fraction of sp³-hybridized carbons (Fsp3) is 0.528. The fourth-order valence-corrected chi connectivity index (χ4v) is 7.89. The Labute approximate surface area is 323 Å². The first-order chi connectivity index (χ1) is 25.6. The number of hydrogen-bond acceptors (Lipinski definition) is 11. The normalized spacial score (nSPS) is 20.1. The third kappa shape index (κ3) is 11.3. The number of alkyl halides is 2. The van der Waals surface area contributed by atoms with Crippen molar-refractivity contribution >= 4 is 44.9 Å². The highest BCUT2D eigenvalue weighted by Crippen LogP contribution is 2.40. The first-order valence-electron chi connectivity index (χ1n) is 17.6. The number of aliphatic hydroxyl groups excluding tert-OH is 1. The number of esters is 1. The van der Waals surface area contributed by atoms with E-state index in [9.17, 15) is 32.0 Å². The Balaban J connectivity index is 1.43. The largest absolute Gasteiger partial charge is 0.489 e. The van der Waals surface area contributed by atoms with E-state index in [0.717, 1.165) is 38.4 Å². The Morgan fingerprint density at radius 3 is 2.54 bits per heavy atom. The average molecular weight is 819 g/mol. The highest BCUT2D eigenvalue weighted by atomic mass is 35.5. The topological polar surface area (TPSA) is 147 Å². The number of aliphatic hydroxyl groups is 1. The number of ether oxygens (including phenoxy) is 4. The molecule has 1 aliphatic carbocycles. The first-order valence-corrected chi connectivity index (χ1v) is 20.2. The van der Waals surface area contributed by atoms with Gasteiger partial charge in [-0.3, -0.25) is 9.21 Å². The zero-order valence-electron chi connectivity index (χ0n) is 30.2. The minimum atomic E-state index is -3.83. The van der Waals surface area contributed by atoms with E-state index in [1.54, 1.807) is 0 Å². The van der Waals surface area contributed by atoms with Crippen molar-refractivity contribution in [3.05, 3.63) is 74.3 Å². The van der Waals surface area contributed by atoms with Crippen LogP contribution in [-0.2, 0) is 14.8 Å². The summed E-state index contributed by atoms with van der Waals surface area (Å²) in [6.07, 6.45) is 3.33. The number of carbonyl (C=O) groups excluding carboxylic acids is 1. The molecule has 0 aromatic heterocycles. The highest BCUT2D eigenvalue weighted by Gasteiger charge is 2.31. The molecular formula is C36H45Cl2F2N4O9S+. The third-order valence-corrected chi connectivity index (χ3v) is 11.2. The van der Waals surface area contributed by atoms with Gasteiger partial charge in [-0.15, -0.1) is 0 Å². The number of allylic oxidation sites excluding steroid dienone is 1. The molecule has 0 radical (unpaired) electrons. The molecule has 13 nitrogen and oxygen atoms in total. The average Bonchev–Trinajstić information content (AvgIpc) is 3.93. The molecule has 5 rings (SSSR count). The van der Waals surface area contributed by atoms with Crippen LogP contribution in [0.1, 0.15) is 61.6 Å². The van der Waals surface area contributed by atoms with Crippen molar-refractivity contribution in [1.29, 1.82) is 0 Å². The number of carbonyl (C=O) groups is 1. The number of sulfonamides is 1. The van der Waals surface area contributed by atoms with Crippen LogP contribution in [0.2, 0.25) is 0 Å². The number of hydrogen-bond donors (Lipinski definition) is 2. The Morgan fingerprint density at radius 1 is 1.11 bits per heavy atom. The summed E-state index contributed by atoms with van der Waals surface area (Å²) in [5, 5.41) is 13.3. The molecule has 2 aromatic rings. The maximum absolute atomic E-state index is 13.9. The summed E-state index contributed by atoms with van der Waals surface area (Å²) in [7, 11) is -3.83. The molecule has 3 unspecified atom stereocenters. The van der Waals surface area contributed by atoms with Crippen LogP contribution >= 0.6 is 23.2 Å². The first kappa shape index (κ1) is 41.6. The van der Waals surface area contributed by atoms with E-state index in [1.165, 1.54) is 40.7 Å². The van der Waals surface area contributed by atoms with E-state index in [4.69, 9.17) is 37.4 Å². The summed E-state index contributed by atoms with van der Waals surface area (Å²) < 4.78 is 76.3. The van der Waals surface area contributed by atoms with Crippen molar-refractivity contribution in [2.24, 2.45) is 5.92 Å². The number of halogens is 4. The van der Waals surface area contributed by atoms with Crippen molar-refractivity contribution in [2.45, 2.75) is 64.3 Å². The SMILES string of the molecule is CC1CN(CCCN(c2ccc(C(=O)OC(CC3=C(Cl)C[N+](=O)C=C3Cl)c3ccc(OC(F)F)c(OCC4CC4)c3)cc2OCO)S(C)(=O)=O)C(C)CN1. The number of nitrogens with one attached hydrogen (secondary N) is 1. The van der Waals surface area contributed by atoms with Crippen molar-refractivity contribution < 1.29 is 50.8 Å². The number of nitrogens with zero attached hydrogens (tertiary/aromatic N) is 3. The molecular weight excluding hydrogens is 773 g/mol. The molecule has 3 aliphatic rings. The Kier molecular flexibility index (Phi) is 14.2. The summed E-state index contributed by atoms with van der Waals surface area (Å²) in [5.41, 5.74) is 0.710. The summed E-state index contributed by atoms with van der Waals surface area (Å²) in [4.78, 5) is 28.2. The Morgan fingerprint density at radius 2 is 1.87 bits per heavy atom. The Hall–Kier alpha value is -3.54. The monoisotopic (exact) mass is 817 g/mol. The van der Waals surface area contributed by atoms with E-state index in [2.05, 4.69) is 28.8 Å². The molecule has 0 amide bonds. The molecule has 3 atom stereocenters. The van der Waals surface area contributed by atoms with Gasteiger partial charge in [-0.25, -0.2) is 13.2 Å². The molecule has 2 N–H and O–H groups in total. The molecule has 296 valence electrons. The van der Waals surface area contributed by atoms with Crippen LogP contribution in [0, 0.1) is 10.8 Å². The van der Waals surface area contributed by atoms with Gasteiger partial charge in [0.25, 0.3) is 0 Å². The molecule has 1 saturated carbocycles. The highest BCUT2D eigenvalue weighted by molar-refractivity contribution is 7.92. The van der Waals surface area contributed by atoms with Gasteiger partial charge in [0.05, 0.1) is 29.1 Å². The quantitative estimate of drug-likeness (QED) is 0.105. The predicted molar refractivity (Wildman–Crippen MR) is 199 cm³/mol. The molecule has 2 aliphatic heterocycles. The van der Waals surface area contributed by atoms with Gasteiger partial charge in [0, 0.05) is 59.9 Å². The smallest absolute Gasteiger partial charge is 0.387 e. The van der Waals surface area contributed by atoms with E-state index in [-0.39, 0.29) is 76.6 Å². The molecule has 2 fully saturated rings. The van der Waals surface area contributed by atoms with Gasteiger partial charge in [0.15, 0.2) is 18.3 Å². The molecule has 1 saturated heterocycles. The second kappa shape index (κ2) is 18.4. The zero-order chi connectivity index (χ0) is 39.2. The maximum Gasteiger partial charge on any atom is 0.387 e. The van der Waals surface area contributed by atoms with Crippen molar-refractivity contribution in [2.75, 3.05) is 56.7 Å². The summed E-state index contributed by atoms with van der Waals surface area (Å²) in [5.74, 6) is -0.872. The van der Waals surface area contributed by atoms with Gasteiger partial charge in [-0.1, -0.05) is 29.3 Å². The number of nitroso groups, excluding NO2 is 1. The van der Waals surface area contributed by atoms with Crippen molar-refractivity contribution in [3.8, 4) is 17.2 Å². The van der Waals surface area contributed by atoms with Gasteiger partial charge >= 0.3 is 12.6 Å². The van der Waals surface area contributed by atoms with Gasteiger partial charge < -0.3 is 29.4 Å². The number of benzene rings is 2. The lowest BCUT2D eigenvalue weighted by atomic mass is 9.99. The van der Waals surface area contributed by atoms with Crippen LogP contribution in [0.15, 0.2) is 58.2 Å². The minimum Gasteiger partial charge on any atom is -0.489 e. The summed E-state index contributed by atoms with van der Waals surface area (Å²) in [6, 6.07) is 8.77. The Bertz CT molecular complexity index is 1860. The number of rotatable bonds is 18. The molecule has 2 aromatic carbocycles. The lowest BCUT2D eigenvalue weighted by molar-refractivity contribution is -0.470. The van der Waals surface area contributed by atoms with Gasteiger partial charge in [0.2, 0.25) is 22.8 Å². The second-order valence-corrected chi connectivity index (χ2v) is 16.4. The van der Waals surface area contributed by atoms with Crippen LogP contribution < -0.4 is 23.8 Å². The van der Waals surface area contributed by atoms with Gasteiger partial charge in [0.1, 0.15) is 16.9 Å². The van der Waals surface area contributed by atoms with E-state index >= 15 is 0 Å². The van der Waals surface area contributed by atoms with Crippen LogP contribution in [0.4, 0.5) is 14.5 Å². The van der Waals surface area contributed by atoms with Crippen LogP contribution in [0.25, 0.3) is 0 Å². The molecule has 18 heteroatoms. The second-order valence-electron chi connectivity index (χ2n) is 13.7. The standard InChI is InChI=1S/C36H45Cl2F2N4O9S/c1-22-17-42(23(2)16-41-22)11-4-12-44(54(3,48)49)30-9-7-26(14-33(30)51-21-45)35(46)52-32(15-27-28(37)18-43(47)19-29(27)38)25-8-10-31(53-36(39)40)34(13-25)50-20-24-5-6-24/h7-10,13-14,18,22-24,32,36,41,45H,4-6,11-12,15-17,19-21H2,1-3H3/q+1. The predicted octanol–water partition coefficient (Wildman–Crippen LogP) is 5.90. The van der Waals surface area contributed by atoms with Gasteiger partial charge in [-0.2, -0.15) is 8.78 Å². The van der Waals surface area contributed by atoms with Crippen molar-refractivity contribution in [3.63, 3.8) is 0 Å². The molecule has 54 heavy (non-hydrogen) atoms. The fourth-order valence-electron chi connectivity index (χ4n) is 6.28. The summed E-state index contributed by atoms with van der Waals surface area (Å²) >= 11 is 12.8. The number of anilines is 1. The molecule has 0 bridgehead atoms. The lowest BCUT2D eigenvalue weighted by Gasteiger charge is -2.38. The summed E-state index contributed by atoms with van der Waals surface area (Å²) in [6.45, 7) is 2.75. The van der Waals surface area contributed by atoms with Crippen LogP contribution in [0.5, 0.6) is 17.2 Å². The molecule has 2 heterocycles. The van der Waals surface area contributed by atoms with Crippen LogP contribution in [-0.4, -0.2) is 100 Å². The van der Waals surface area contributed by atoms with E-state index in [1.807, 2.05) is 0 Å². The number of piperazine rings is 1. The molecule has 0 spiro atoms. The van der Waals surface area contributed by atoms with Gasteiger partial charge in [-0.05, 0) is 74.9 Å². The van der Waals surface area contributed by atoms with Crippen molar-refractivity contribution in [1.82, 2.24) is 10.2 Å². The lowest BCUT2D eigenvalue weighted by Crippen LogP contribution is -2.54. The zero-order valence-corrected chi connectivity index (χ0v) is 32.5. The maximum atomic E-state index is 13.9. The van der Waals surface area contributed by atoms with E-state index in [0.29, 0.717) is 34.9 Å². The van der Waals surface area contributed by atoms with E-state index < -0.39 is 35.5 Å². The minimum absolute atomic E-state index is 0.0154. The third-order valence-electron chi connectivity index (χ3n) is 9.32.